The minimum absolute atomic E-state index is 0.204. The minimum atomic E-state index is 0.204. The third-order valence-corrected chi connectivity index (χ3v) is 4.44. The predicted octanol–water partition coefficient (Wildman–Crippen LogP) is 5.35. The van der Waals surface area contributed by atoms with E-state index in [9.17, 15) is 0 Å². The fourth-order valence-corrected chi connectivity index (χ4v) is 3.02. The molecule has 1 unspecified atom stereocenters. The predicted molar refractivity (Wildman–Crippen MR) is 97.2 cm³/mol. The smallest absolute Gasteiger partial charge is 0.119 e. The largest absolute Gasteiger partial charge is 0.497 e. The number of methoxy groups -OCH3 is 1. The third-order valence-electron chi connectivity index (χ3n) is 4.10. The maximum atomic E-state index is 6.26. The first-order valence-electron chi connectivity index (χ1n) is 7.72. The fourth-order valence-electron chi connectivity index (χ4n) is 2.72. The minimum Gasteiger partial charge on any atom is -0.497 e. The fraction of sp³-hybridized carbons (Fsp3) is 0.200. The summed E-state index contributed by atoms with van der Waals surface area (Å²) in [5, 5.41) is 6.74. The normalized spacial score (nSPS) is 12.3. The zero-order valence-corrected chi connectivity index (χ0v) is 14.1. The molecule has 0 radical (unpaired) electrons. The van der Waals surface area contributed by atoms with Crippen LogP contribution in [0, 0.1) is 0 Å². The van der Waals surface area contributed by atoms with Crippen molar-refractivity contribution in [1.29, 1.82) is 0 Å². The second kappa shape index (κ2) is 7.03. The highest BCUT2D eigenvalue weighted by Crippen LogP contribution is 2.24. The molecule has 0 aliphatic carbocycles. The Balaban J connectivity index is 1.73. The van der Waals surface area contributed by atoms with Gasteiger partial charge >= 0.3 is 0 Å². The number of nitrogens with one attached hydrogen (secondary N) is 1. The van der Waals surface area contributed by atoms with Crippen molar-refractivity contribution in [2.45, 2.75) is 19.5 Å². The summed E-state index contributed by atoms with van der Waals surface area (Å²) in [6, 6.07) is 20.8. The summed E-state index contributed by atoms with van der Waals surface area (Å²) in [7, 11) is 1.69. The van der Waals surface area contributed by atoms with Gasteiger partial charge in [-0.05, 0) is 53.1 Å². The van der Waals surface area contributed by atoms with Gasteiger partial charge in [0.15, 0.2) is 0 Å². The van der Waals surface area contributed by atoms with Crippen LogP contribution in [0.5, 0.6) is 5.75 Å². The molecule has 0 aromatic heterocycles. The van der Waals surface area contributed by atoms with Gasteiger partial charge in [-0.15, -0.1) is 0 Å². The van der Waals surface area contributed by atoms with Crippen LogP contribution in [0.15, 0.2) is 60.7 Å². The summed E-state index contributed by atoms with van der Waals surface area (Å²) in [5.41, 5.74) is 2.38. The lowest BCUT2D eigenvalue weighted by Gasteiger charge is -2.16. The van der Waals surface area contributed by atoms with Gasteiger partial charge in [-0.25, -0.2) is 0 Å². The molecule has 0 fully saturated rings. The monoisotopic (exact) mass is 325 g/mol. The second-order valence-corrected chi connectivity index (χ2v) is 6.08. The highest BCUT2D eigenvalue weighted by molar-refractivity contribution is 6.31. The standard InChI is InChI=1S/C20H20ClNO/c1-14(19-5-3-4-6-20(19)21)22-13-15-7-8-17-12-18(23-2)10-9-16(17)11-15/h3-12,14,22H,13H2,1-2H3. The Kier molecular flexibility index (Phi) is 4.85. The number of ether oxygens (including phenoxy) is 1. The summed E-state index contributed by atoms with van der Waals surface area (Å²) in [6.07, 6.45) is 0. The van der Waals surface area contributed by atoms with E-state index in [0.717, 1.165) is 22.9 Å². The van der Waals surface area contributed by atoms with Crippen LogP contribution >= 0.6 is 11.6 Å². The van der Waals surface area contributed by atoms with E-state index in [1.165, 1.54) is 16.3 Å². The number of rotatable bonds is 5. The molecule has 1 N–H and O–H groups in total. The lowest BCUT2D eigenvalue weighted by atomic mass is 10.1. The van der Waals surface area contributed by atoms with Crippen molar-refractivity contribution in [3.63, 3.8) is 0 Å². The first-order valence-corrected chi connectivity index (χ1v) is 8.09. The molecule has 1 atom stereocenters. The average molecular weight is 326 g/mol. The molecule has 3 aromatic rings. The van der Waals surface area contributed by atoms with Crippen molar-refractivity contribution < 1.29 is 4.74 Å². The first kappa shape index (κ1) is 15.9. The van der Waals surface area contributed by atoms with Crippen LogP contribution in [0.3, 0.4) is 0 Å². The quantitative estimate of drug-likeness (QED) is 0.682. The highest BCUT2D eigenvalue weighted by Gasteiger charge is 2.08. The zero-order chi connectivity index (χ0) is 16.2. The number of halogens is 1. The van der Waals surface area contributed by atoms with Gasteiger partial charge in [0.2, 0.25) is 0 Å². The van der Waals surface area contributed by atoms with E-state index in [-0.39, 0.29) is 6.04 Å². The summed E-state index contributed by atoms with van der Waals surface area (Å²) >= 11 is 6.26. The van der Waals surface area contributed by atoms with E-state index in [2.05, 4.69) is 48.6 Å². The van der Waals surface area contributed by atoms with Gasteiger partial charge in [-0.3, -0.25) is 0 Å². The van der Waals surface area contributed by atoms with Gasteiger partial charge in [-0.2, -0.15) is 0 Å². The number of hydrogen-bond acceptors (Lipinski definition) is 2. The summed E-state index contributed by atoms with van der Waals surface area (Å²) in [5.74, 6) is 0.885. The molecule has 2 nitrogen and oxygen atoms in total. The van der Waals surface area contributed by atoms with Crippen molar-refractivity contribution in [3.8, 4) is 5.75 Å². The molecule has 3 heteroatoms. The highest BCUT2D eigenvalue weighted by atomic mass is 35.5. The molecule has 0 heterocycles. The lowest BCUT2D eigenvalue weighted by Crippen LogP contribution is -2.18. The van der Waals surface area contributed by atoms with E-state index in [1.807, 2.05) is 24.3 Å². The Morgan fingerprint density at radius 1 is 1.00 bits per heavy atom. The molecule has 3 rings (SSSR count). The van der Waals surface area contributed by atoms with Gasteiger partial charge in [0.05, 0.1) is 7.11 Å². The molecule has 0 spiro atoms. The Morgan fingerprint density at radius 3 is 2.52 bits per heavy atom. The SMILES string of the molecule is COc1ccc2cc(CNC(C)c3ccccc3Cl)ccc2c1. The molecule has 23 heavy (non-hydrogen) atoms. The van der Waals surface area contributed by atoms with Gasteiger partial charge in [0.1, 0.15) is 5.75 Å². The van der Waals surface area contributed by atoms with E-state index in [4.69, 9.17) is 16.3 Å². The molecule has 3 aromatic carbocycles. The summed E-state index contributed by atoms with van der Waals surface area (Å²) in [4.78, 5) is 0. The van der Waals surface area contributed by atoms with Crippen LogP contribution in [0.4, 0.5) is 0 Å². The Morgan fingerprint density at radius 2 is 1.74 bits per heavy atom. The zero-order valence-electron chi connectivity index (χ0n) is 13.3. The molecule has 0 saturated carbocycles. The first-order chi connectivity index (χ1) is 11.2. The molecule has 0 saturated heterocycles. The molecular weight excluding hydrogens is 306 g/mol. The van der Waals surface area contributed by atoms with Crippen molar-refractivity contribution in [1.82, 2.24) is 5.32 Å². The molecule has 0 amide bonds. The van der Waals surface area contributed by atoms with E-state index >= 15 is 0 Å². The van der Waals surface area contributed by atoms with Crippen molar-refractivity contribution in [3.05, 3.63) is 76.8 Å². The number of hydrogen-bond donors (Lipinski definition) is 1. The van der Waals surface area contributed by atoms with E-state index < -0.39 is 0 Å². The van der Waals surface area contributed by atoms with Crippen LogP contribution in [0.2, 0.25) is 5.02 Å². The van der Waals surface area contributed by atoms with Crippen molar-refractivity contribution in [2.24, 2.45) is 0 Å². The Labute approximate surface area is 142 Å². The topological polar surface area (TPSA) is 21.3 Å². The van der Waals surface area contributed by atoms with E-state index in [0.29, 0.717) is 0 Å². The van der Waals surface area contributed by atoms with Gasteiger partial charge in [-0.1, -0.05) is 48.0 Å². The molecular formula is C20H20ClNO. The maximum Gasteiger partial charge on any atom is 0.119 e. The maximum absolute atomic E-state index is 6.26. The van der Waals surface area contributed by atoms with Crippen molar-refractivity contribution in [2.75, 3.05) is 7.11 Å². The molecule has 0 aliphatic rings. The third kappa shape index (κ3) is 3.66. The summed E-state index contributed by atoms with van der Waals surface area (Å²) in [6.45, 7) is 2.93. The van der Waals surface area contributed by atoms with Gasteiger partial charge in [0.25, 0.3) is 0 Å². The van der Waals surface area contributed by atoms with Gasteiger partial charge in [0, 0.05) is 17.6 Å². The van der Waals surface area contributed by atoms with Crippen LogP contribution in [-0.2, 0) is 6.54 Å². The van der Waals surface area contributed by atoms with Crippen LogP contribution in [-0.4, -0.2) is 7.11 Å². The average Bonchev–Trinajstić information content (AvgIpc) is 2.59. The molecule has 0 aliphatic heterocycles. The Bertz CT molecular complexity index is 816. The molecule has 0 bridgehead atoms. The number of fused-ring (bicyclic) bond motifs is 1. The summed E-state index contributed by atoms with van der Waals surface area (Å²) < 4.78 is 5.27. The lowest BCUT2D eigenvalue weighted by molar-refractivity contribution is 0.415. The van der Waals surface area contributed by atoms with Crippen LogP contribution in [0.1, 0.15) is 24.1 Å². The Hall–Kier alpha value is -2.03. The van der Waals surface area contributed by atoms with Gasteiger partial charge < -0.3 is 10.1 Å². The number of benzene rings is 3. The second-order valence-electron chi connectivity index (χ2n) is 5.67. The van der Waals surface area contributed by atoms with Crippen LogP contribution in [0.25, 0.3) is 10.8 Å². The van der Waals surface area contributed by atoms with E-state index in [1.54, 1.807) is 7.11 Å². The van der Waals surface area contributed by atoms with Crippen molar-refractivity contribution >= 4 is 22.4 Å². The molecule has 118 valence electrons. The van der Waals surface area contributed by atoms with Crippen LogP contribution < -0.4 is 10.1 Å².